The molecule has 2 aromatic carbocycles. The molecule has 260 valence electrons. The van der Waals surface area contributed by atoms with E-state index in [0.717, 1.165) is 24.4 Å². The Kier molecular flexibility index (Phi) is 12.5. The smallest absolute Gasteiger partial charge is 0.348 e. The Balaban J connectivity index is 1.34. The van der Waals surface area contributed by atoms with Gasteiger partial charge in [0.1, 0.15) is 21.0 Å². The SMILES string of the molecule is COc1ccc([C@H](Cc2c(Cl)c[nH+]cc2Cl)OC(=O)c2ccc(CNC(CO)(C(=O)OC[C@@H]3CCN(C)C3)c3ccccc3)s2)cc1OC. The van der Waals surface area contributed by atoms with Crippen LogP contribution in [0, 0.1) is 5.92 Å². The van der Waals surface area contributed by atoms with E-state index < -0.39 is 30.2 Å². The van der Waals surface area contributed by atoms with Gasteiger partial charge in [0, 0.05) is 35.9 Å². The van der Waals surface area contributed by atoms with Crippen molar-refractivity contribution >= 4 is 46.5 Å². The average Bonchev–Trinajstić information content (AvgIpc) is 3.78. The number of nitrogens with zero attached hydrogens (tertiary/aromatic N) is 1. The molecule has 1 fully saturated rings. The van der Waals surface area contributed by atoms with Gasteiger partial charge in [-0.1, -0.05) is 59.6 Å². The summed E-state index contributed by atoms with van der Waals surface area (Å²) in [5, 5.41) is 14.7. The quantitative estimate of drug-likeness (QED) is 0.153. The summed E-state index contributed by atoms with van der Waals surface area (Å²) in [7, 11) is 5.11. The summed E-state index contributed by atoms with van der Waals surface area (Å²) in [6, 6.07) is 17.8. The summed E-state index contributed by atoms with van der Waals surface area (Å²) < 4.78 is 22.8. The van der Waals surface area contributed by atoms with Crippen LogP contribution in [0.25, 0.3) is 0 Å². The van der Waals surface area contributed by atoms with Crippen LogP contribution in [-0.2, 0) is 32.8 Å². The average molecular weight is 730 g/mol. The molecule has 49 heavy (non-hydrogen) atoms. The van der Waals surface area contributed by atoms with Gasteiger partial charge in [0.2, 0.25) is 0 Å². The summed E-state index contributed by atoms with van der Waals surface area (Å²) >= 11 is 14.2. The van der Waals surface area contributed by atoms with Gasteiger partial charge in [-0.2, -0.15) is 0 Å². The first-order valence-electron chi connectivity index (χ1n) is 15.8. The molecule has 3 atom stereocenters. The number of pyridine rings is 1. The maximum absolute atomic E-state index is 13.6. The van der Waals surface area contributed by atoms with Crippen molar-refractivity contribution in [3.8, 4) is 11.5 Å². The number of thiophene rings is 1. The van der Waals surface area contributed by atoms with E-state index in [1.807, 2.05) is 25.2 Å². The van der Waals surface area contributed by atoms with Gasteiger partial charge in [0.25, 0.3) is 0 Å². The lowest BCUT2D eigenvalue weighted by atomic mass is 9.90. The predicted octanol–water partition coefficient (Wildman–Crippen LogP) is 5.50. The molecule has 3 heterocycles. The highest BCUT2D eigenvalue weighted by atomic mass is 35.5. The second-order valence-electron chi connectivity index (χ2n) is 11.9. The predicted molar refractivity (Wildman–Crippen MR) is 187 cm³/mol. The minimum atomic E-state index is -1.50. The Morgan fingerprint density at radius 1 is 1.06 bits per heavy atom. The van der Waals surface area contributed by atoms with Crippen LogP contribution in [0.15, 0.2) is 73.1 Å². The highest BCUT2D eigenvalue weighted by Gasteiger charge is 2.42. The number of likely N-dealkylation sites (tertiary alicyclic amines) is 1. The Morgan fingerprint density at radius 3 is 2.45 bits per heavy atom. The Labute approximate surface area is 299 Å². The van der Waals surface area contributed by atoms with E-state index in [4.69, 9.17) is 42.1 Å². The third-order valence-electron chi connectivity index (χ3n) is 8.63. The number of rotatable bonds is 15. The van der Waals surface area contributed by atoms with Gasteiger partial charge in [0.05, 0.1) is 27.4 Å². The minimum absolute atomic E-state index is 0.180. The molecule has 10 nitrogen and oxygen atoms in total. The standard InChI is InChI=1S/C36H39Cl2N3O7S/c1-41-14-13-23(20-41)21-47-35(44)36(22-42,25-7-5-4-6-8-25)40-17-26-10-12-33(49-26)34(43)48-31(16-27-28(37)18-39-19-29(27)38)24-9-11-30(45-2)32(15-24)46-3/h4-12,15,18-19,23,31,40,42H,13-14,16-17,20-22H2,1-3H3/p+1/t23-,31+,36?/m1/s1. The lowest BCUT2D eigenvalue weighted by Crippen LogP contribution is -2.53. The minimum Gasteiger partial charge on any atom is -0.493 e. The third-order valence-corrected chi connectivity index (χ3v) is 10.4. The maximum Gasteiger partial charge on any atom is 0.348 e. The first-order chi connectivity index (χ1) is 23.7. The molecule has 1 aliphatic rings. The fraction of sp³-hybridized carbons (Fsp3) is 0.361. The number of aliphatic hydroxyl groups is 1. The number of carbonyl (C=O) groups is 2. The number of aromatic amines is 1. The lowest BCUT2D eigenvalue weighted by Gasteiger charge is -2.31. The van der Waals surface area contributed by atoms with Crippen LogP contribution in [0.1, 0.15) is 43.8 Å². The molecular weight excluding hydrogens is 689 g/mol. The monoisotopic (exact) mass is 728 g/mol. The van der Waals surface area contributed by atoms with Crippen LogP contribution in [0.4, 0.5) is 0 Å². The molecule has 4 aromatic rings. The van der Waals surface area contributed by atoms with Gasteiger partial charge < -0.3 is 29.0 Å². The third kappa shape index (κ3) is 8.72. The summed E-state index contributed by atoms with van der Waals surface area (Å²) in [6.45, 7) is 1.74. The number of aromatic nitrogens is 1. The molecule has 0 amide bonds. The Hall–Kier alpha value is -3.71. The van der Waals surface area contributed by atoms with Gasteiger partial charge >= 0.3 is 11.9 Å². The fourth-order valence-electron chi connectivity index (χ4n) is 5.85. The number of nitrogens with one attached hydrogen (secondary N) is 2. The van der Waals surface area contributed by atoms with Crippen molar-refractivity contribution in [3.63, 3.8) is 0 Å². The van der Waals surface area contributed by atoms with Gasteiger partial charge in [-0.25, -0.2) is 14.6 Å². The van der Waals surface area contributed by atoms with Crippen molar-refractivity contribution in [2.45, 2.75) is 31.0 Å². The number of benzene rings is 2. The molecule has 13 heteroatoms. The van der Waals surface area contributed by atoms with Gasteiger partial charge in [-0.3, -0.25) is 5.32 Å². The van der Waals surface area contributed by atoms with Crippen LogP contribution >= 0.6 is 34.5 Å². The molecule has 0 aliphatic carbocycles. The highest BCUT2D eigenvalue weighted by molar-refractivity contribution is 7.13. The summed E-state index contributed by atoms with van der Waals surface area (Å²) in [5.74, 6) is 0.136. The summed E-state index contributed by atoms with van der Waals surface area (Å²) in [6.07, 6.45) is 3.59. The van der Waals surface area contributed by atoms with Crippen molar-refractivity contribution < 1.29 is 38.6 Å². The van der Waals surface area contributed by atoms with Crippen molar-refractivity contribution in [3.05, 3.63) is 110 Å². The molecule has 0 bridgehead atoms. The van der Waals surface area contributed by atoms with E-state index in [-0.39, 0.29) is 25.5 Å². The molecular formula is C36H40Cl2N3O7S+. The zero-order valence-electron chi connectivity index (χ0n) is 27.5. The number of ether oxygens (including phenoxy) is 4. The second-order valence-corrected chi connectivity index (χ2v) is 13.9. The molecule has 0 radical (unpaired) electrons. The number of esters is 2. The number of carbonyl (C=O) groups excluding carboxylic acids is 2. The van der Waals surface area contributed by atoms with E-state index in [1.54, 1.807) is 62.0 Å². The first-order valence-corrected chi connectivity index (χ1v) is 17.4. The zero-order valence-corrected chi connectivity index (χ0v) is 29.9. The number of halogens is 2. The van der Waals surface area contributed by atoms with Crippen LogP contribution in [-0.4, -0.2) is 69.5 Å². The van der Waals surface area contributed by atoms with E-state index >= 15 is 0 Å². The molecule has 1 aliphatic heterocycles. The largest absolute Gasteiger partial charge is 0.493 e. The summed E-state index contributed by atoms with van der Waals surface area (Å²) in [5.41, 5.74) is 0.345. The van der Waals surface area contributed by atoms with Gasteiger partial charge in [-0.15, -0.1) is 11.3 Å². The Bertz CT molecular complexity index is 1720. The molecule has 1 saturated heterocycles. The van der Waals surface area contributed by atoms with Crippen molar-refractivity contribution in [1.82, 2.24) is 10.2 Å². The number of methoxy groups -OCH3 is 2. The van der Waals surface area contributed by atoms with Crippen molar-refractivity contribution in [2.24, 2.45) is 5.92 Å². The molecule has 1 unspecified atom stereocenters. The molecule has 5 rings (SSSR count). The zero-order chi connectivity index (χ0) is 35.0. The maximum atomic E-state index is 13.6. The van der Waals surface area contributed by atoms with E-state index in [2.05, 4.69) is 15.2 Å². The topological polar surface area (TPSA) is 121 Å². The van der Waals surface area contributed by atoms with Crippen molar-refractivity contribution in [2.75, 3.05) is 47.6 Å². The first kappa shape index (κ1) is 36.6. The van der Waals surface area contributed by atoms with E-state index in [1.165, 1.54) is 18.4 Å². The van der Waals surface area contributed by atoms with Crippen LogP contribution in [0.3, 0.4) is 0 Å². The molecule has 2 aromatic heterocycles. The number of aliphatic hydroxyl groups excluding tert-OH is 1. The number of hydrogen-bond donors (Lipinski definition) is 2. The number of hydrogen-bond acceptors (Lipinski definition) is 10. The fourth-order valence-corrected chi connectivity index (χ4v) is 7.21. The van der Waals surface area contributed by atoms with Crippen LogP contribution in [0.5, 0.6) is 11.5 Å². The highest BCUT2D eigenvalue weighted by Crippen LogP contribution is 2.36. The van der Waals surface area contributed by atoms with Gasteiger partial charge in [-0.05, 0) is 55.4 Å². The number of H-pyrrole nitrogens is 1. The lowest BCUT2D eigenvalue weighted by molar-refractivity contribution is -0.377. The molecule has 0 spiro atoms. The van der Waals surface area contributed by atoms with Gasteiger partial charge in [0.15, 0.2) is 29.4 Å². The van der Waals surface area contributed by atoms with Crippen molar-refractivity contribution in [1.29, 1.82) is 0 Å². The normalized spacial score (nSPS) is 16.5. The van der Waals surface area contributed by atoms with Crippen LogP contribution < -0.4 is 19.8 Å². The van der Waals surface area contributed by atoms with Crippen LogP contribution in [0.2, 0.25) is 10.0 Å². The van der Waals surface area contributed by atoms with E-state index in [9.17, 15) is 14.7 Å². The molecule has 3 N–H and O–H groups in total. The second kappa shape index (κ2) is 16.8. The Morgan fingerprint density at radius 2 is 1.80 bits per heavy atom. The van der Waals surface area contributed by atoms with E-state index in [0.29, 0.717) is 43.1 Å². The summed E-state index contributed by atoms with van der Waals surface area (Å²) in [4.78, 5) is 33.5. The molecule has 0 saturated carbocycles.